The summed E-state index contributed by atoms with van der Waals surface area (Å²) in [5, 5.41) is 18.0. The predicted molar refractivity (Wildman–Crippen MR) is 60.0 cm³/mol. The van der Waals surface area contributed by atoms with Gasteiger partial charge < -0.3 is 10.0 Å². The molecule has 1 aliphatic rings. The normalized spacial score (nSPS) is 19.8. The zero-order valence-electron chi connectivity index (χ0n) is 8.36. The third-order valence-corrected chi connectivity index (χ3v) is 4.09. The summed E-state index contributed by atoms with van der Waals surface area (Å²) in [6, 6.07) is 1.96. The van der Waals surface area contributed by atoms with Gasteiger partial charge in [-0.25, -0.2) is 0 Å². The molecule has 0 aliphatic heterocycles. The molecule has 2 N–H and O–H groups in total. The van der Waals surface area contributed by atoms with E-state index in [1.807, 2.05) is 6.07 Å². The molecule has 0 spiro atoms. The smallest absolute Gasteiger partial charge is 0.423 e. The fourth-order valence-corrected chi connectivity index (χ4v) is 3.40. The second kappa shape index (κ2) is 4.05. The van der Waals surface area contributed by atoms with Gasteiger partial charge in [0.15, 0.2) is 0 Å². The summed E-state index contributed by atoms with van der Waals surface area (Å²) < 4.78 is 0.699. The quantitative estimate of drug-likeness (QED) is 0.729. The number of hydrogen-bond donors (Lipinski definition) is 2. The van der Waals surface area contributed by atoms with Crippen molar-refractivity contribution < 1.29 is 10.0 Å². The highest BCUT2D eigenvalue weighted by atomic mass is 32.1. The number of fused-ring (bicyclic) bond motifs is 1. The molecular weight excluding hydrogens is 195 g/mol. The molecule has 1 aliphatic carbocycles. The molecule has 0 bridgehead atoms. The minimum Gasteiger partial charge on any atom is -0.423 e. The molecule has 1 aromatic rings. The van der Waals surface area contributed by atoms with Crippen LogP contribution in [0.25, 0.3) is 0 Å². The van der Waals surface area contributed by atoms with Crippen molar-refractivity contribution in [1.82, 2.24) is 0 Å². The number of thiophene rings is 1. The van der Waals surface area contributed by atoms with E-state index in [1.165, 1.54) is 23.3 Å². The van der Waals surface area contributed by atoms with Crippen molar-refractivity contribution in [1.29, 1.82) is 0 Å². The van der Waals surface area contributed by atoms with Gasteiger partial charge in [-0.3, -0.25) is 0 Å². The molecule has 0 fully saturated rings. The summed E-state index contributed by atoms with van der Waals surface area (Å²) in [7, 11) is -1.28. The molecule has 14 heavy (non-hydrogen) atoms. The molecule has 1 atom stereocenters. The lowest BCUT2D eigenvalue weighted by Crippen LogP contribution is -2.26. The third-order valence-electron chi connectivity index (χ3n) is 2.85. The van der Waals surface area contributed by atoms with E-state index in [1.54, 1.807) is 11.3 Å². The van der Waals surface area contributed by atoms with Crippen LogP contribution in [0.15, 0.2) is 6.07 Å². The summed E-state index contributed by atoms with van der Waals surface area (Å²) in [4.78, 5) is 1.37. The largest absolute Gasteiger partial charge is 0.499 e. The standard InChI is InChI=1S/C10H15BO2S/c1-2-3-7-4-8-6-10(11(12)13)14-9(8)5-7/h6-7,12-13H,2-5H2,1H3. The van der Waals surface area contributed by atoms with Crippen LogP contribution >= 0.6 is 11.3 Å². The van der Waals surface area contributed by atoms with Crippen LogP contribution < -0.4 is 4.78 Å². The lowest BCUT2D eigenvalue weighted by atomic mass is 9.89. The van der Waals surface area contributed by atoms with E-state index in [4.69, 9.17) is 10.0 Å². The Kier molecular flexibility index (Phi) is 2.95. The molecule has 1 heterocycles. The van der Waals surface area contributed by atoms with Gasteiger partial charge in [0.05, 0.1) is 0 Å². The molecule has 0 amide bonds. The maximum Gasteiger partial charge on any atom is 0.499 e. The predicted octanol–water partition coefficient (Wildman–Crippen LogP) is 0.943. The first-order valence-electron chi connectivity index (χ1n) is 5.18. The van der Waals surface area contributed by atoms with Crippen LogP contribution in [0.1, 0.15) is 30.2 Å². The van der Waals surface area contributed by atoms with Crippen LogP contribution in [-0.2, 0) is 12.8 Å². The van der Waals surface area contributed by atoms with E-state index in [-0.39, 0.29) is 0 Å². The highest BCUT2D eigenvalue weighted by molar-refractivity contribution is 7.22. The Morgan fingerprint density at radius 1 is 1.50 bits per heavy atom. The molecule has 0 saturated carbocycles. The van der Waals surface area contributed by atoms with E-state index in [0.717, 1.165) is 18.8 Å². The van der Waals surface area contributed by atoms with Gasteiger partial charge >= 0.3 is 7.12 Å². The number of rotatable bonds is 3. The molecule has 2 rings (SSSR count). The van der Waals surface area contributed by atoms with Crippen molar-refractivity contribution in [2.24, 2.45) is 5.92 Å². The monoisotopic (exact) mass is 210 g/mol. The Bertz CT molecular complexity index is 298. The Morgan fingerprint density at radius 3 is 2.86 bits per heavy atom. The second-order valence-corrected chi connectivity index (χ2v) is 5.20. The van der Waals surface area contributed by atoms with Crippen LogP contribution in [0, 0.1) is 5.92 Å². The molecule has 0 saturated heterocycles. The highest BCUT2D eigenvalue weighted by Crippen LogP contribution is 2.32. The first-order valence-corrected chi connectivity index (χ1v) is 6.00. The zero-order chi connectivity index (χ0) is 10.1. The Hall–Kier alpha value is -0.315. The van der Waals surface area contributed by atoms with Crippen molar-refractivity contribution in [3.8, 4) is 0 Å². The van der Waals surface area contributed by atoms with Gasteiger partial charge in [0.1, 0.15) is 0 Å². The van der Waals surface area contributed by atoms with Gasteiger partial charge in [0, 0.05) is 9.65 Å². The summed E-state index contributed by atoms with van der Waals surface area (Å²) in [6.07, 6.45) is 4.81. The molecule has 0 radical (unpaired) electrons. The first-order chi connectivity index (χ1) is 6.70. The summed E-state index contributed by atoms with van der Waals surface area (Å²) in [5.74, 6) is 0.797. The highest BCUT2D eigenvalue weighted by Gasteiger charge is 2.26. The van der Waals surface area contributed by atoms with Gasteiger partial charge in [-0.15, -0.1) is 11.3 Å². The van der Waals surface area contributed by atoms with E-state index in [2.05, 4.69) is 6.92 Å². The Balaban J connectivity index is 2.08. The minimum atomic E-state index is -1.28. The fourth-order valence-electron chi connectivity index (χ4n) is 2.22. The van der Waals surface area contributed by atoms with E-state index in [9.17, 15) is 0 Å². The van der Waals surface area contributed by atoms with Crippen molar-refractivity contribution in [3.63, 3.8) is 0 Å². The lowest BCUT2D eigenvalue weighted by molar-refractivity contribution is 0.426. The van der Waals surface area contributed by atoms with Crippen molar-refractivity contribution >= 4 is 23.2 Å². The lowest BCUT2D eigenvalue weighted by Gasteiger charge is -2.05. The van der Waals surface area contributed by atoms with E-state index in [0.29, 0.717) is 4.78 Å². The van der Waals surface area contributed by atoms with Crippen LogP contribution in [0.4, 0.5) is 0 Å². The van der Waals surface area contributed by atoms with Gasteiger partial charge in [0.25, 0.3) is 0 Å². The van der Waals surface area contributed by atoms with Crippen LogP contribution in [0.3, 0.4) is 0 Å². The van der Waals surface area contributed by atoms with Gasteiger partial charge in [-0.1, -0.05) is 19.8 Å². The van der Waals surface area contributed by atoms with Gasteiger partial charge in [0.2, 0.25) is 0 Å². The SMILES string of the molecule is CCCC1Cc2cc(B(O)O)sc2C1. The van der Waals surface area contributed by atoms with Crippen molar-refractivity contribution in [3.05, 3.63) is 16.5 Å². The molecular formula is C10H15BO2S. The molecule has 4 heteroatoms. The topological polar surface area (TPSA) is 40.5 Å². The molecule has 1 aromatic heterocycles. The van der Waals surface area contributed by atoms with Crippen LogP contribution in [0.5, 0.6) is 0 Å². The van der Waals surface area contributed by atoms with Crippen molar-refractivity contribution in [2.45, 2.75) is 32.6 Å². The summed E-state index contributed by atoms with van der Waals surface area (Å²) >= 11 is 1.56. The van der Waals surface area contributed by atoms with E-state index < -0.39 is 7.12 Å². The van der Waals surface area contributed by atoms with Gasteiger partial charge in [-0.2, -0.15) is 0 Å². The average molecular weight is 210 g/mol. The average Bonchev–Trinajstić information content (AvgIpc) is 2.61. The Morgan fingerprint density at radius 2 is 2.29 bits per heavy atom. The van der Waals surface area contributed by atoms with Crippen LogP contribution in [-0.4, -0.2) is 17.2 Å². The summed E-state index contributed by atoms with van der Waals surface area (Å²) in [5.41, 5.74) is 1.34. The minimum absolute atomic E-state index is 0.699. The second-order valence-electron chi connectivity index (χ2n) is 4.03. The third kappa shape index (κ3) is 1.87. The number of hydrogen-bond acceptors (Lipinski definition) is 3. The van der Waals surface area contributed by atoms with E-state index >= 15 is 0 Å². The van der Waals surface area contributed by atoms with Gasteiger partial charge in [-0.05, 0) is 30.4 Å². The zero-order valence-corrected chi connectivity index (χ0v) is 9.18. The molecule has 0 aromatic carbocycles. The first kappa shape index (κ1) is 10.2. The Labute approximate surface area is 88.7 Å². The van der Waals surface area contributed by atoms with Crippen molar-refractivity contribution in [2.75, 3.05) is 0 Å². The molecule has 1 unspecified atom stereocenters. The maximum atomic E-state index is 9.02. The fraction of sp³-hybridized carbons (Fsp3) is 0.600. The molecule has 2 nitrogen and oxygen atoms in total. The van der Waals surface area contributed by atoms with Crippen LogP contribution in [0.2, 0.25) is 0 Å². The summed E-state index contributed by atoms with van der Waals surface area (Å²) in [6.45, 7) is 2.22. The maximum absolute atomic E-state index is 9.02. The molecule has 76 valence electrons.